The molecule has 0 unspecified atom stereocenters. The van der Waals surface area contributed by atoms with E-state index in [1.807, 2.05) is 37.3 Å². The lowest BCUT2D eigenvalue weighted by Gasteiger charge is -2.07. The minimum Gasteiger partial charge on any atom is -0.494 e. The molecule has 1 N–H and O–H groups in total. The number of esters is 1. The van der Waals surface area contributed by atoms with E-state index in [2.05, 4.69) is 5.32 Å². The first kappa shape index (κ1) is 17.3. The van der Waals surface area contributed by atoms with Gasteiger partial charge in [0, 0.05) is 11.8 Å². The summed E-state index contributed by atoms with van der Waals surface area (Å²) < 4.78 is 10.2. The molecule has 0 aliphatic carbocycles. The van der Waals surface area contributed by atoms with Crippen molar-refractivity contribution < 1.29 is 19.1 Å². The van der Waals surface area contributed by atoms with Gasteiger partial charge in [0.1, 0.15) is 5.75 Å². The van der Waals surface area contributed by atoms with E-state index in [-0.39, 0.29) is 6.61 Å². The smallest absolute Gasteiger partial charge is 0.331 e. The molecule has 0 fully saturated rings. The topological polar surface area (TPSA) is 64.6 Å². The second kappa shape index (κ2) is 9.15. The van der Waals surface area contributed by atoms with E-state index < -0.39 is 11.9 Å². The number of rotatable bonds is 7. The van der Waals surface area contributed by atoms with Gasteiger partial charge >= 0.3 is 5.97 Å². The molecule has 2 aromatic carbocycles. The van der Waals surface area contributed by atoms with Crippen LogP contribution in [0.2, 0.25) is 0 Å². The Morgan fingerprint density at radius 3 is 2.42 bits per heavy atom. The predicted octanol–water partition coefficient (Wildman–Crippen LogP) is 3.28. The van der Waals surface area contributed by atoms with Crippen molar-refractivity contribution in [2.45, 2.75) is 6.92 Å². The third-order valence-corrected chi connectivity index (χ3v) is 3.01. The lowest BCUT2D eigenvalue weighted by Crippen LogP contribution is -2.20. The van der Waals surface area contributed by atoms with E-state index in [9.17, 15) is 9.59 Å². The Bertz CT molecular complexity index is 693. The zero-order valence-electron chi connectivity index (χ0n) is 13.4. The van der Waals surface area contributed by atoms with Gasteiger partial charge in [0.2, 0.25) is 0 Å². The van der Waals surface area contributed by atoms with Crippen LogP contribution >= 0.6 is 0 Å². The molecule has 5 nitrogen and oxygen atoms in total. The first-order valence-corrected chi connectivity index (χ1v) is 7.60. The van der Waals surface area contributed by atoms with Crippen molar-refractivity contribution in [1.29, 1.82) is 0 Å². The molecule has 2 rings (SSSR count). The van der Waals surface area contributed by atoms with E-state index >= 15 is 0 Å². The van der Waals surface area contributed by atoms with Crippen LogP contribution in [0, 0.1) is 0 Å². The van der Waals surface area contributed by atoms with Crippen LogP contribution in [-0.4, -0.2) is 25.1 Å². The van der Waals surface area contributed by atoms with Crippen LogP contribution in [0.3, 0.4) is 0 Å². The van der Waals surface area contributed by atoms with Crippen molar-refractivity contribution in [1.82, 2.24) is 0 Å². The number of hydrogen-bond acceptors (Lipinski definition) is 4. The third-order valence-electron chi connectivity index (χ3n) is 3.01. The van der Waals surface area contributed by atoms with Gasteiger partial charge in [-0.05, 0) is 42.8 Å². The van der Waals surface area contributed by atoms with Crippen LogP contribution in [0.1, 0.15) is 12.5 Å². The van der Waals surface area contributed by atoms with Gasteiger partial charge < -0.3 is 14.8 Å². The van der Waals surface area contributed by atoms with Gasteiger partial charge in [-0.15, -0.1) is 0 Å². The predicted molar refractivity (Wildman–Crippen MR) is 92.7 cm³/mol. The van der Waals surface area contributed by atoms with Crippen molar-refractivity contribution in [2.75, 3.05) is 18.5 Å². The molecule has 0 spiro atoms. The lowest BCUT2D eigenvalue weighted by molar-refractivity contribution is -0.142. The Labute approximate surface area is 140 Å². The van der Waals surface area contributed by atoms with Crippen molar-refractivity contribution in [2.24, 2.45) is 0 Å². The highest BCUT2D eigenvalue weighted by molar-refractivity contribution is 5.94. The molecule has 0 bridgehead atoms. The number of hydrogen-bond donors (Lipinski definition) is 1. The minimum atomic E-state index is -0.569. The maximum absolute atomic E-state index is 11.8. The summed E-state index contributed by atoms with van der Waals surface area (Å²) in [6.45, 7) is 2.14. The summed E-state index contributed by atoms with van der Waals surface area (Å²) in [6.07, 6.45) is 2.92. The number of carbonyl (C=O) groups is 2. The van der Waals surface area contributed by atoms with Gasteiger partial charge in [-0.3, -0.25) is 4.79 Å². The molecule has 0 saturated heterocycles. The van der Waals surface area contributed by atoms with Gasteiger partial charge in [-0.1, -0.05) is 30.3 Å². The molecular formula is C19H19NO4. The lowest BCUT2D eigenvalue weighted by atomic mass is 10.2. The quantitative estimate of drug-likeness (QED) is 0.627. The summed E-state index contributed by atoms with van der Waals surface area (Å²) in [5.74, 6) is -0.241. The normalized spacial score (nSPS) is 10.4. The molecule has 0 radical (unpaired) electrons. The average molecular weight is 325 g/mol. The molecule has 0 atom stereocenters. The summed E-state index contributed by atoms with van der Waals surface area (Å²) in [5, 5.41) is 2.64. The van der Waals surface area contributed by atoms with E-state index in [1.165, 1.54) is 6.08 Å². The van der Waals surface area contributed by atoms with Gasteiger partial charge in [0.25, 0.3) is 5.91 Å². The Morgan fingerprint density at radius 1 is 1.04 bits per heavy atom. The van der Waals surface area contributed by atoms with Gasteiger partial charge in [-0.25, -0.2) is 4.79 Å². The molecule has 0 saturated carbocycles. The van der Waals surface area contributed by atoms with Crippen LogP contribution in [-0.2, 0) is 14.3 Å². The molecule has 24 heavy (non-hydrogen) atoms. The second-order valence-electron chi connectivity index (χ2n) is 4.86. The van der Waals surface area contributed by atoms with Gasteiger partial charge in [0.05, 0.1) is 6.61 Å². The fourth-order valence-corrected chi connectivity index (χ4v) is 1.91. The van der Waals surface area contributed by atoms with Crippen LogP contribution in [0.15, 0.2) is 60.7 Å². The maximum atomic E-state index is 11.8. The number of amides is 1. The number of anilines is 1. The largest absolute Gasteiger partial charge is 0.494 e. The molecule has 2 aromatic rings. The van der Waals surface area contributed by atoms with E-state index in [1.54, 1.807) is 30.3 Å². The minimum absolute atomic E-state index is 0.342. The van der Waals surface area contributed by atoms with Crippen molar-refractivity contribution in [3.8, 4) is 5.75 Å². The van der Waals surface area contributed by atoms with E-state index in [0.717, 1.165) is 11.3 Å². The van der Waals surface area contributed by atoms with Crippen molar-refractivity contribution in [3.05, 3.63) is 66.2 Å². The zero-order valence-corrected chi connectivity index (χ0v) is 13.4. The highest BCUT2D eigenvalue weighted by atomic mass is 16.5. The second-order valence-corrected chi connectivity index (χ2v) is 4.86. The third kappa shape index (κ3) is 5.96. The van der Waals surface area contributed by atoms with Crippen LogP contribution in [0.5, 0.6) is 5.75 Å². The summed E-state index contributed by atoms with van der Waals surface area (Å²) in [6, 6.07) is 16.3. The number of nitrogens with one attached hydrogen (secondary N) is 1. The fourth-order valence-electron chi connectivity index (χ4n) is 1.91. The Balaban J connectivity index is 1.76. The first-order chi connectivity index (χ1) is 11.7. The van der Waals surface area contributed by atoms with Crippen LogP contribution in [0.25, 0.3) is 6.08 Å². The Hall–Kier alpha value is -3.08. The molecule has 0 aliphatic rings. The maximum Gasteiger partial charge on any atom is 0.331 e. The van der Waals surface area contributed by atoms with Crippen molar-refractivity contribution in [3.63, 3.8) is 0 Å². The van der Waals surface area contributed by atoms with E-state index in [0.29, 0.717) is 12.3 Å². The molecule has 0 heterocycles. The average Bonchev–Trinajstić information content (AvgIpc) is 2.61. The first-order valence-electron chi connectivity index (χ1n) is 7.60. The standard InChI is InChI=1S/C19H19NO4/c1-2-23-17-11-9-16(10-12-17)20-18(21)14-24-19(22)13-8-15-6-4-3-5-7-15/h3-13H,2,14H2,1H3,(H,20,21). The fraction of sp³-hybridized carbons (Fsp3) is 0.158. The molecular weight excluding hydrogens is 306 g/mol. The van der Waals surface area contributed by atoms with Crippen LogP contribution in [0.4, 0.5) is 5.69 Å². The number of carbonyl (C=O) groups excluding carboxylic acids is 2. The van der Waals surface area contributed by atoms with E-state index in [4.69, 9.17) is 9.47 Å². The van der Waals surface area contributed by atoms with Gasteiger partial charge in [-0.2, -0.15) is 0 Å². The monoisotopic (exact) mass is 325 g/mol. The highest BCUT2D eigenvalue weighted by Gasteiger charge is 2.06. The summed E-state index contributed by atoms with van der Waals surface area (Å²) >= 11 is 0. The molecule has 124 valence electrons. The Morgan fingerprint density at radius 2 is 1.75 bits per heavy atom. The number of benzene rings is 2. The molecule has 0 aliphatic heterocycles. The van der Waals surface area contributed by atoms with Crippen LogP contribution < -0.4 is 10.1 Å². The number of ether oxygens (including phenoxy) is 2. The Kier molecular flexibility index (Phi) is 6.58. The summed E-state index contributed by atoms with van der Waals surface area (Å²) in [7, 11) is 0. The SMILES string of the molecule is CCOc1ccc(NC(=O)COC(=O)C=Cc2ccccc2)cc1. The van der Waals surface area contributed by atoms with Crippen molar-refractivity contribution >= 4 is 23.6 Å². The summed E-state index contributed by atoms with van der Waals surface area (Å²) in [5.41, 5.74) is 1.49. The molecule has 1 amide bonds. The highest BCUT2D eigenvalue weighted by Crippen LogP contribution is 2.15. The molecule has 0 aromatic heterocycles. The summed E-state index contributed by atoms with van der Waals surface area (Å²) in [4.78, 5) is 23.3. The van der Waals surface area contributed by atoms with Gasteiger partial charge in [0.15, 0.2) is 6.61 Å². The zero-order chi connectivity index (χ0) is 17.2. The molecule has 5 heteroatoms.